The summed E-state index contributed by atoms with van der Waals surface area (Å²) in [4.78, 5) is 25.1. The van der Waals surface area contributed by atoms with Gasteiger partial charge in [0.15, 0.2) is 0 Å². The molecule has 4 nitrogen and oxygen atoms in total. The summed E-state index contributed by atoms with van der Waals surface area (Å²) in [5, 5.41) is 2.71. The maximum absolute atomic E-state index is 11.8. The molecule has 0 aromatic heterocycles. The van der Waals surface area contributed by atoms with E-state index in [-0.39, 0.29) is 6.04 Å². The van der Waals surface area contributed by atoms with Crippen molar-refractivity contribution in [3.8, 4) is 0 Å². The summed E-state index contributed by atoms with van der Waals surface area (Å²) in [5.74, 6) is -1.02. The van der Waals surface area contributed by atoms with Gasteiger partial charge in [0.25, 0.3) is 0 Å². The zero-order chi connectivity index (χ0) is 13.5. The normalized spacial score (nSPS) is 11.7. The van der Waals surface area contributed by atoms with Crippen LogP contribution in [-0.4, -0.2) is 29.8 Å². The second kappa shape index (κ2) is 6.79. The molecule has 0 aliphatic heterocycles. The van der Waals surface area contributed by atoms with Gasteiger partial charge >= 0.3 is 11.8 Å². The van der Waals surface area contributed by atoms with Crippen molar-refractivity contribution in [3.05, 3.63) is 35.9 Å². The van der Waals surface area contributed by atoms with Crippen molar-refractivity contribution in [2.45, 2.75) is 26.8 Å². The van der Waals surface area contributed by atoms with Gasteiger partial charge in [0.2, 0.25) is 0 Å². The van der Waals surface area contributed by atoms with Gasteiger partial charge in [-0.15, -0.1) is 0 Å². The third kappa shape index (κ3) is 3.58. The summed E-state index contributed by atoms with van der Waals surface area (Å²) in [6.45, 7) is 6.66. The maximum atomic E-state index is 11.8. The number of carbonyl (C=O) groups is 2. The highest BCUT2D eigenvalue weighted by molar-refractivity contribution is 6.35. The average Bonchev–Trinajstić information content (AvgIpc) is 2.40. The molecule has 1 atom stereocenters. The van der Waals surface area contributed by atoms with E-state index < -0.39 is 11.8 Å². The fourth-order valence-corrected chi connectivity index (χ4v) is 1.74. The number of rotatable bonds is 4. The molecule has 18 heavy (non-hydrogen) atoms. The van der Waals surface area contributed by atoms with E-state index >= 15 is 0 Å². The molecule has 0 fully saturated rings. The number of hydrogen-bond donors (Lipinski definition) is 1. The fourth-order valence-electron chi connectivity index (χ4n) is 1.74. The number of amides is 2. The topological polar surface area (TPSA) is 49.4 Å². The van der Waals surface area contributed by atoms with Crippen LogP contribution in [0.2, 0.25) is 0 Å². The van der Waals surface area contributed by atoms with Gasteiger partial charge in [0.1, 0.15) is 0 Å². The number of benzene rings is 1. The second-order valence-electron chi connectivity index (χ2n) is 4.08. The van der Waals surface area contributed by atoms with Crippen LogP contribution in [0.1, 0.15) is 32.4 Å². The fraction of sp³-hybridized carbons (Fsp3) is 0.429. The van der Waals surface area contributed by atoms with Crippen LogP contribution in [0.4, 0.5) is 0 Å². The zero-order valence-electron chi connectivity index (χ0n) is 11.1. The summed E-state index contributed by atoms with van der Waals surface area (Å²) in [7, 11) is 0. The number of likely N-dealkylation sites (N-methyl/N-ethyl adjacent to an activating group) is 1. The molecule has 0 aliphatic carbocycles. The molecule has 0 saturated carbocycles. The largest absolute Gasteiger partial charge is 0.341 e. The van der Waals surface area contributed by atoms with Gasteiger partial charge in [-0.25, -0.2) is 0 Å². The number of hydrogen-bond acceptors (Lipinski definition) is 2. The summed E-state index contributed by atoms with van der Waals surface area (Å²) in [6.07, 6.45) is 0. The minimum atomic E-state index is -0.546. The Kier molecular flexibility index (Phi) is 5.36. The van der Waals surface area contributed by atoms with Crippen LogP contribution in [0, 0.1) is 0 Å². The Bertz CT molecular complexity index is 400. The Morgan fingerprint density at radius 2 is 1.72 bits per heavy atom. The SMILES string of the molecule is CCN(CC)C(=O)C(=O)NC(C)c1ccccc1. The molecule has 1 aromatic rings. The third-order valence-electron chi connectivity index (χ3n) is 2.89. The van der Waals surface area contributed by atoms with E-state index in [4.69, 9.17) is 0 Å². The Morgan fingerprint density at radius 1 is 1.17 bits per heavy atom. The van der Waals surface area contributed by atoms with Crippen LogP contribution in [0.3, 0.4) is 0 Å². The first-order valence-electron chi connectivity index (χ1n) is 6.24. The Morgan fingerprint density at radius 3 is 2.22 bits per heavy atom. The zero-order valence-corrected chi connectivity index (χ0v) is 11.1. The lowest BCUT2D eigenvalue weighted by atomic mass is 10.1. The van der Waals surface area contributed by atoms with E-state index in [2.05, 4.69) is 5.32 Å². The van der Waals surface area contributed by atoms with E-state index in [9.17, 15) is 9.59 Å². The predicted octanol–water partition coefficient (Wildman–Crippen LogP) is 1.73. The first-order chi connectivity index (χ1) is 8.60. The van der Waals surface area contributed by atoms with E-state index in [0.717, 1.165) is 5.56 Å². The molecule has 0 radical (unpaired) electrons. The molecule has 98 valence electrons. The minimum absolute atomic E-state index is 0.168. The standard InChI is InChI=1S/C14H20N2O2/c1-4-16(5-2)14(18)13(17)15-11(3)12-9-7-6-8-10-12/h6-11H,4-5H2,1-3H3,(H,15,17). The first-order valence-corrected chi connectivity index (χ1v) is 6.24. The van der Waals surface area contributed by atoms with E-state index in [1.807, 2.05) is 51.1 Å². The summed E-state index contributed by atoms with van der Waals surface area (Å²) < 4.78 is 0. The van der Waals surface area contributed by atoms with E-state index in [0.29, 0.717) is 13.1 Å². The first kappa shape index (κ1) is 14.2. The third-order valence-corrected chi connectivity index (χ3v) is 2.89. The number of carbonyl (C=O) groups excluding carboxylic acids is 2. The molecule has 1 rings (SSSR count). The Labute approximate surface area is 108 Å². The van der Waals surface area contributed by atoms with Crippen molar-refractivity contribution in [2.24, 2.45) is 0 Å². The highest BCUT2D eigenvalue weighted by Gasteiger charge is 2.21. The lowest BCUT2D eigenvalue weighted by Gasteiger charge is -2.20. The van der Waals surface area contributed by atoms with Gasteiger partial charge in [-0.1, -0.05) is 30.3 Å². The molecule has 1 aromatic carbocycles. The van der Waals surface area contributed by atoms with Gasteiger partial charge in [0, 0.05) is 13.1 Å². The molecular formula is C14H20N2O2. The minimum Gasteiger partial charge on any atom is -0.341 e. The molecule has 0 saturated heterocycles. The molecule has 0 aliphatic rings. The van der Waals surface area contributed by atoms with Crippen molar-refractivity contribution < 1.29 is 9.59 Å². The Balaban J connectivity index is 2.62. The van der Waals surface area contributed by atoms with Crippen LogP contribution in [0.25, 0.3) is 0 Å². The molecule has 1 unspecified atom stereocenters. The molecule has 0 heterocycles. The van der Waals surface area contributed by atoms with Crippen LogP contribution in [-0.2, 0) is 9.59 Å². The molecule has 0 spiro atoms. The second-order valence-corrected chi connectivity index (χ2v) is 4.08. The molecule has 1 N–H and O–H groups in total. The monoisotopic (exact) mass is 248 g/mol. The van der Waals surface area contributed by atoms with E-state index in [1.54, 1.807) is 0 Å². The summed E-state index contributed by atoms with van der Waals surface area (Å²) in [6, 6.07) is 9.41. The van der Waals surface area contributed by atoms with Crippen LogP contribution >= 0.6 is 0 Å². The number of nitrogens with one attached hydrogen (secondary N) is 1. The molecule has 0 bridgehead atoms. The van der Waals surface area contributed by atoms with Crippen LogP contribution in [0.15, 0.2) is 30.3 Å². The van der Waals surface area contributed by atoms with Crippen LogP contribution in [0.5, 0.6) is 0 Å². The van der Waals surface area contributed by atoms with Gasteiger partial charge in [-0.3, -0.25) is 9.59 Å². The van der Waals surface area contributed by atoms with Gasteiger partial charge in [-0.2, -0.15) is 0 Å². The van der Waals surface area contributed by atoms with Crippen molar-refractivity contribution >= 4 is 11.8 Å². The summed E-state index contributed by atoms with van der Waals surface area (Å²) >= 11 is 0. The van der Waals surface area contributed by atoms with Crippen molar-refractivity contribution in [1.82, 2.24) is 10.2 Å². The van der Waals surface area contributed by atoms with Crippen molar-refractivity contribution in [2.75, 3.05) is 13.1 Å². The van der Waals surface area contributed by atoms with Crippen molar-refractivity contribution in [1.29, 1.82) is 0 Å². The smallest absolute Gasteiger partial charge is 0.311 e. The Hall–Kier alpha value is -1.84. The highest BCUT2D eigenvalue weighted by Crippen LogP contribution is 2.10. The maximum Gasteiger partial charge on any atom is 0.311 e. The highest BCUT2D eigenvalue weighted by atomic mass is 16.2. The van der Waals surface area contributed by atoms with Crippen LogP contribution < -0.4 is 5.32 Å². The average molecular weight is 248 g/mol. The quantitative estimate of drug-likeness (QED) is 0.825. The number of nitrogens with zero attached hydrogens (tertiary/aromatic N) is 1. The lowest BCUT2D eigenvalue weighted by molar-refractivity contribution is -0.145. The lowest BCUT2D eigenvalue weighted by Crippen LogP contribution is -2.43. The van der Waals surface area contributed by atoms with Gasteiger partial charge < -0.3 is 10.2 Å². The van der Waals surface area contributed by atoms with Crippen molar-refractivity contribution in [3.63, 3.8) is 0 Å². The summed E-state index contributed by atoms with van der Waals surface area (Å²) in [5.41, 5.74) is 0.984. The van der Waals surface area contributed by atoms with Gasteiger partial charge in [0.05, 0.1) is 6.04 Å². The molecular weight excluding hydrogens is 228 g/mol. The molecule has 2 amide bonds. The van der Waals surface area contributed by atoms with Gasteiger partial charge in [-0.05, 0) is 26.3 Å². The van der Waals surface area contributed by atoms with E-state index in [1.165, 1.54) is 4.90 Å². The predicted molar refractivity (Wildman–Crippen MR) is 70.9 cm³/mol. The molecule has 4 heteroatoms.